The smallest absolute Gasteiger partial charge is 1.00 e. The molecule has 5 heteroatoms. The maximum atomic E-state index is 6.94. The molecule has 0 aliphatic rings. The summed E-state index contributed by atoms with van der Waals surface area (Å²) < 4.78 is 0. The minimum absolute atomic E-state index is 0. The Morgan fingerprint density at radius 2 is 1.36 bits per heavy atom. The van der Waals surface area contributed by atoms with E-state index in [1.807, 2.05) is 20.8 Å². The standard InChI is InChI=1S/C11H11.C4H10N.C2H7Si.2ClH.Ti/c1-8-7-10-5-3-4-6-11(10)9(8)2;1-4(2,3)5;1-3-2;;;/h3-7H,1-2H3;5H,1-3H3;3H,1-2H3;2*1H;/q2*-1;;;;+4/p-2. The van der Waals surface area contributed by atoms with Crippen molar-refractivity contribution in [2.24, 2.45) is 0 Å². The predicted molar refractivity (Wildman–Crippen MR) is 92.0 cm³/mol. The second-order valence-electron chi connectivity index (χ2n) is 5.87. The molecule has 1 N–H and O–H groups in total. The third kappa shape index (κ3) is 13.9. The van der Waals surface area contributed by atoms with Gasteiger partial charge in [0.25, 0.3) is 0 Å². The van der Waals surface area contributed by atoms with Crippen LogP contribution in [0.4, 0.5) is 0 Å². The van der Waals surface area contributed by atoms with Gasteiger partial charge in [-0.3, -0.25) is 0 Å². The first-order valence-corrected chi connectivity index (χ1v) is 9.12. The van der Waals surface area contributed by atoms with Gasteiger partial charge in [0.05, 0.1) is 0 Å². The van der Waals surface area contributed by atoms with Crippen molar-refractivity contribution in [2.45, 2.75) is 53.3 Å². The molecular formula is C17H28Cl2NSiTi. The fourth-order valence-electron chi connectivity index (χ4n) is 1.52. The van der Waals surface area contributed by atoms with Gasteiger partial charge in [-0.1, -0.05) is 53.8 Å². The molecule has 0 saturated carbocycles. The topological polar surface area (TPSA) is 23.8 Å². The van der Waals surface area contributed by atoms with Crippen LogP contribution in [0.1, 0.15) is 31.9 Å². The van der Waals surface area contributed by atoms with Gasteiger partial charge < -0.3 is 30.5 Å². The first-order chi connectivity index (χ1) is 8.70. The largest absolute Gasteiger partial charge is 4.00 e. The number of halogens is 2. The molecule has 0 heterocycles. The molecule has 2 rings (SSSR count). The van der Waals surface area contributed by atoms with Crippen molar-refractivity contribution in [3.05, 3.63) is 47.2 Å². The molecule has 0 saturated heterocycles. The van der Waals surface area contributed by atoms with Crippen molar-refractivity contribution in [3.8, 4) is 0 Å². The SMILES string of the molecule is CC(C)(C)[NH-].C[SiH]C.Cc1[cH-]c2ccccc2c1C.[Cl-].[Cl-].[Ti+4]. The average Bonchev–Trinajstić information content (AvgIpc) is 2.54. The van der Waals surface area contributed by atoms with E-state index in [0.717, 1.165) is 9.52 Å². The summed E-state index contributed by atoms with van der Waals surface area (Å²) in [6.07, 6.45) is 0. The van der Waals surface area contributed by atoms with E-state index in [4.69, 9.17) is 5.73 Å². The fraction of sp³-hybridized carbons (Fsp3) is 0.471. The molecule has 0 amide bonds. The molecule has 0 fully saturated rings. The second kappa shape index (κ2) is 14.9. The minimum Gasteiger partial charge on any atom is -1.00 e. The van der Waals surface area contributed by atoms with Crippen molar-refractivity contribution in [1.29, 1.82) is 0 Å². The summed E-state index contributed by atoms with van der Waals surface area (Å²) in [5.41, 5.74) is 9.50. The van der Waals surface area contributed by atoms with E-state index >= 15 is 0 Å². The Hall–Kier alpha value is 0.301. The van der Waals surface area contributed by atoms with Gasteiger partial charge in [-0.05, 0) is 0 Å². The van der Waals surface area contributed by atoms with Crippen molar-refractivity contribution in [2.75, 3.05) is 0 Å². The maximum absolute atomic E-state index is 6.94. The van der Waals surface area contributed by atoms with Gasteiger partial charge in [-0.2, -0.15) is 5.56 Å². The van der Waals surface area contributed by atoms with Crippen LogP contribution in [-0.4, -0.2) is 15.1 Å². The van der Waals surface area contributed by atoms with Crippen LogP contribution in [0.5, 0.6) is 0 Å². The molecule has 0 aliphatic heterocycles. The van der Waals surface area contributed by atoms with Crippen LogP contribution in [0.25, 0.3) is 16.5 Å². The summed E-state index contributed by atoms with van der Waals surface area (Å²) >= 11 is 0. The van der Waals surface area contributed by atoms with Gasteiger partial charge in [0.2, 0.25) is 0 Å². The van der Waals surface area contributed by atoms with Crippen LogP contribution in [0.15, 0.2) is 30.3 Å². The molecule has 0 atom stereocenters. The third-order valence-electron chi connectivity index (χ3n) is 2.33. The summed E-state index contributed by atoms with van der Waals surface area (Å²) in [5, 5.41) is 2.76. The van der Waals surface area contributed by atoms with Gasteiger partial charge >= 0.3 is 21.7 Å². The number of aryl methyl sites for hydroxylation is 2. The van der Waals surface area contributed by atoms with Crippen LogP contribution >= 0.6 is 0 Å². The van der Waals surface area contributed by atoms with E-state index < -0.39 is 0 Å². The van der Waals surface area contributed by atoms with Gasteiger partial charge in [-0.25, -0.2) is 0 Å². The first kappa shape index (κ1) is 30.2. The number of nitrogens with one attached hydrogen (secondary N) is 1. The zero-order chi connectivity index (χ0) is 15.1. The summed E-state index contributed by atoms with van der Waals surface area (Å²) in [4.78, 5) is 0. The Bertz CT molecular complexity index is 487. The predicted octanol–water partition coefficient (Wildman–Crippen LogP) is -0.463. The van der Waals surface area contributed by atoms with Crippen molar-refractivity contribution in [3.63, 3.8) is 0 Å². The summed E-state index contributed by atoms with van der Waals surface area (Å²) in [6.45, 7) is 14.3. The Morgan fingerprint density at radius 3 is 1.73 bits per heavy atom. The maximum Gasteiger partial charge on any atom is 4.00 e. The Labute approximate surface area is 166 Å². The van der Waals surface area contributed by atoms with Gasteiger partial charge in [-0.15, -0.1) is 46.1 Å². The normalized spacial score (nSPS) is 8.91. The molecule has 0 aliphatic carbocycles. The summed E-state index contributed by atoms with van der Waals surface area (Å²) in [5.74, 6) is 0. The molecule has 123 valence electrons. The molecule has 2 aromatic carbocycles. The molecule has 0 aromatic heterocycles. The van der Waals surface area contributed by atoms with Crippen LogP contribution in [-0.2, 0) is 21.7 Å². The van der Waals surface area contributed by atoms with E-state index in [0.29, 0.717) is 0 Å². The molecule has 0 unspecified atom stereocenters. The monoisotopic (exact) mass is 392 g/mol. The van der Waals surface area contributed by atoms with Crippen molar-refractivity contribution >= 4 is 20.3 Å². The molecule has 2 aromatic rings. The van der Waals surface area contributed by atoms with Crippen LogP contribution < -0.4 is 24.8 Å². The van der Waals surface area contributed by atoms with Crippen LogP contribution in [0.3, 0.4) is 0 Å². The number of benzene rings is 1. The molecule has 1 radical (unpaired) electrons. The van der Waals surface area contributed by atoms with E-state index in [1.54, 1.807) is 0 Å². The van der Waals surface area contributed by atoms with E-state index in [1.165, 1.54) is 21.9 Å². The molecule has 0 spiro atoms. The number of rotatable bonds is 0. The molecule has 0 bridgehead atoms. The van der Waals surface area contributed by atoms with Crippen LogP contribution in [0, 0.1) is 13.8 Å². The molecule has 1 nitrogen and oxygen atoms in total. The number of hydrogen-bond acceptors (Lipinski definition) is 0. The number of hydrogen-bond donors (Lipinski definition) is 0. The van der Waals surface area contributed by atoms with Gasteiger partial charge in [0.15, 0.2) is 0 Å². The Balaban J connectivity index is -0.000000129. The zero-order valence-corrected chi connectivity index (χ0v) is 18.9. The summed E-state index contributed by atoms with van der Waals surface area (Å²) in [7, 11) is 0.750. The Morgan fingerprint density at radius 1 is 1.00 bits per heavy atom. The van der Waals surface area contributed by atoms with E-state index in [2.05, 4.69) is 57.3 Å². The zero-order valence-electron chi connectivity index (χ0n) is 14.7. The van der Waals surface area contributed by atoms with E-state index in [9.17, 15) is 0 Å². The summed E-state index contributed by atoms with van der Waals surface area (Å²) in [6, 6.07) is 10.8. The van der Waals surface area contributed by atoms with Gasteiger partial charge in [0, 0.05) is 9.52 Å². The number of fused-ring (bicyclic) bond motifs is 1. The van der Waals surface area contributed by atoms with Crippen molar-refractivity contribution < 1.29 is 46.5 Å². The van der Waals surface area contributed by atoms with Crippen LogP contribution in [0.2, 0.25) is 13.1 Å². The Kier molecular flexibility index (Phi) is 20.4. The quantitative estimate of drug-likeness (QED) is 0.428. The second-order valence-corrected chi connectivity index (χ2v) is 7.02. The molecular weight excluding hydrogens is 365 g/mol. The first-order valence-electron chi connectivity index (χ1n) is 6.81. The van der Waals surface area contributed by atoms with Gasteiger partial charge in [0.1, 0.15) is 0 Å². The third-order valence-corrected chi connectivity index (χ3v) is 2.33. The fourth-order valence-corrected chi connectivity index (χ4v) is 1.52. The average molecular weight is 393 g/mol. The van der Waals surface area contributed by atoms with Crippen molar-refractivity contribution in [1.82, 2.24) is 0 Å². The minimum atomic E-state index is -0.250. The van der Waals surface area contributed by atoms with E-state index in [-0.39, 0.29) is 52.1 Å². The molecule has 22 heavy (non-hydrogen) atoms.